The van der Waals surface area contributed by atoms with Crippen LogP contribution in [0.3, 0.4) is 0 Å². The summed E-state index contributed by atoms with van der Waals surface area (Å²) in [4.78, 5) is 41.0. The quantitative estimate of drug-likeness (QED) is 0.210. The van der Waals surface area contributed by atoms with Gasteiger partial charge < -0.3 is 9.11 Å². The maximum atomic E-state index is 10.9. The molecule has 0 saturated heterocycles. The van der Waals surface area contributed by atoms with E-state index in [2.05, 4.69) is 15.0 Å². The van der Waals surface area contributed by atoms with Gasteiger partial charge in [0.2, 0.25) is 0 Å². The minimum absolute atomic E-state index is 0. The molecule has 0 spiro atoms. The van der Waals surface area contributed by atoms with Crippen LogP contribution in [0.25, 0.3) is 11.2 Å². The number of aromatic nitrogens is 4. The number of rotatable bonds is 0. The van der Waals surface area contributed by atoms with Gasteiger partial charge in [-0.15, -0.1) is 0 Å². The van der Waals surface area contributed by atoms with E-state index in [1.807, 2.05) is 4.98 Å². The molecule has 0 unspecified atom stereocenters. The van der Waals surface area contributed by atoms with Gasteiger partial charge in [-0.2, -0.15) is 0 Å². The fourth-order valence-electron chi connectivity index (χ4n) is 0.958. The molecule has 0 aliphatic carbocycles. The van der Waals surface area contributed by atoms with E-state index in [1.165, 1.54) is 0 Å². The Morgan fingerprint density at radius 1 is 0.789 bits per heavy atom. The zero-order valence-corrected chi connectivity index (χ0v) is 14.6. The smallest absolute Gasteiger partial charge is 0.759 e. The first-order valence-electron chi connectivity index (χ1n) is 3.78. The molecule has 11 nitrogen and oxygen atoms in total. The number of hydrogen-bond donors (Lipinski definition) is 4. The molecule has 19 heavy (non-hydrogen) atoms. The minimum Gasteiger partial charge on any atom is -0.759 e. The van der Waals surface area contributed by atoms with Crippen molar-refractivity contribution in [2.24, 2.45) is 0 Å². The molecule has 0 aromatic carbocycles. The zero-order chi connectivity index (χ0) is 13.2. The first kappa shape index (κ1) is 21.1. The predicted octanol–water partition coefficient (Wildman–Crippen LogP) is -9.10. The van der Waals surface area contributed by atoms with Gasteiger partial charge >= 0.3 is 70.5 Å². The molecule has 0 fully saturated rings. The van der Waals surface area contributed by atoms with Crippen LogP contribution in [0.2, 0.25) is 0 Å². The second-order valence-electron chi connectivity index (χ2n) is 2.65. The van der Waals surface area contributed by atoms with Crippen LogP contribution in [-0.4, -0.2) is 37.5 Å². The van der Waals surface area contributed by atoms with Crippen molar-refractivity contribution in [2.45, 2.75) is 0 Å². The summed E-state index contributed by atoms with van der Waals surface area (Å²) in [6.07, 6.45) is 0. The molecule has 2 rings (SSSR count). The van der Waals surface area contributed by atoms with Crippen LogP contribution >= 0.6 is 0 Å². The predicted molar refractivity (Wildman–Crippen MR) is 50.6 cm³/mol. The van der Waals surface area contributed by atoms with Crippen molar-refractivity contribution >= 4 is 21.6 Å². The van der Waals surface area contributed by atoms with Crippen LogP contribution in [0.1, 0.15) is 0 Å². The summed E-state index contributed by atoms with van der Waals surface area (Å²) in [6, 6.07) is 0. The molecule has 4 N–H and O–H groups in total. The first-order valence-corrected chi connectivity index (χ1v) is 5.11. The van der Waals surface area contributed by atoms with E-state index in [4.69, 9.17) is 17.5 Å². The number of aromatic amines is 4. The van der Waals surface area contributed by atoms with Gasteiger partial charge in [0, 0.05) is 10.4 Å². The van der Waals surface area contributed by atoms with Gasteiger partial charge in [-0.3, -0.25) is 33.1 Å². The fourth-order valence-corrected chi connectivity index (χ4v) is 0.958. The normalized spacial score (nSPS) is 9.79. The Morgan fingerprint density at radius 2 is 1.16 bits per heavy atom. The van der Waals surface area contributed by atoms with Crippen molar-refractivity contribution in [3.63, 3.8) is 0 Å². The van der Waals surface area contributed by atoms with Crippen molar-refractivity contribution in [1.82, 2.24) is 19.9 Å². The summed E-state index contributed by atoms with van der Waals surface area (Å²) in [5.41, 5.74) is -1.65. The molecule has 0 amide bonds. The Kier molecular flexibility index (Phi) is 9.10. The number of H-pyrrole nitrogens is 4. The molecule has 2 heterocycles. The average Bonchev–Trinajstić information content (AvgIpc) is 2.42. The molecule has 0 atom stereocenters. The monoisotopic (exact) mass is 310 g/mol. The molecule has 2 aromatic rings. The summed E-state index contributed by atoms with van der Waals surface area (Å²) >= 11 is 0. The molecular formula is C5H4N4Na2O7S. The number of imidazole rings is 1. The van der Waals surface area contributed by atoms with Crippen molar-refractivity contribution in [3.05, 3.63) is 31.3 Å². The molecule has 0 radical (unpaired) electrons. The molecule has 14 heteroatoms. The third-order valence-corrected chi connectivity index (χ3v) is 1.42. The summed E-state index contributed by atoms with van der Waals surface area (Å²) < 4.78 is 34.1. The maximum absolute atomic E-state index is 10.9. The third kappa shape index (κ3) is 7.86. The molecule has 2 aromatic heterocycles. The second kappa shape index (κ2) is 8.18. The van der Waals surface area contributed by atoms with Crippen molar-refractivity contribution in [3.8, 4) is 0 Å². The van der Waals surface area contributed by atoms with E-state index in [-0.39, 0.29) is 70.3 Å². The summed E-state index contributed by atoms with van der Waals surface area (Å²) in [7, 11) is -5.17. The van der Waals surface area contributed by atoms with Crippen molar-refractivity contribution in [1.29, 1.82) is 0 Å². The fraction of sp³-hybridized carbons (Fsp3) is 0. The third-order valence-electron chi connectivity index (χ3n) is 1.42. The molecule has 0 saturated carbocycles. The van der Waals surface area contributed by atoms with Crippen LogP contribution in [0.15, 0.2) is 14.4 Å². The van der Waals surface area contributed by atoms with E-state index in [1.54, 1.807) is 0 Å². The Morgan fingerprint density at radius 3 is 1.58 bits per heavy atom. The van der Waals surface area contributed by atoms with Crippen LogP contribution in [-0.2, 0) is 10.4 Å². The SMILES string of the molecule is O=S(=O)([O-])[O-].O=c1[nH]c(=O)c2[nH]c(=O)[nH]c2[nH]1.[Na+].[Na+]. The van der Waals surface area contributed by atoms with E-state index >= 15 is 0 Å². The second-order valence-corrected chi connectivity index (χ2v) is 3.46. The van der Waals surface area contributed by atoms with Crippen LogP contribution in [0, 0.1) is 0 Å². The Hall–Kier alpha value is -0.180. The van der Waals surface area contributed by atoms with Gasteiger partial charge in [-0.05, 0) is 0 Å². The zero-order valence-electron chi connectivity index (χ0n) is 9.77. The number of fused-ring (bicyclic) bond motifs is 1. The van der Waals surface area contributed by atoms with Crippen LogP contribution in [0.4, 0.5) is 0 Å². The molecule has 94 valence electrons. The van der Waals surface area contributed by atoms with Gasteiger partial charge in [0.1, 0.15) is 11.2 Å². The van der Waals surface area contributed by atoms with Crippen molar-refractivity contribution < 1.29 is 76.6 Å². The summed E-state index contributed by atoms with van der Waals surface area (Å²) in [5.74, 6) is 0. The first-order chi connectivity index (χ1) is 7.66. The van der Waals surface area contributed by atoms with Gasteiger partial charge in [0.15, 0.2) is 0 Å². The van der Waals surface area contributed by atoms with Gasteiger partial charge in [0.25, 0.3) is 5.56 Å². The summed E-state index contributed by atoms with van der Waals surface area (Å²) in [5, 5.41) is 0. The Bertz CT molecular complexity index is 791. The number of nitrogens with one attached hydrogen (secondary N) is 4. The average molecular weight is 310 g/mol. The van der Waals surface area contributed by atoms with Gasteiger partial charge in [-0.1, -0.05) is 0 Å². The van der Waals surface area contributed by atoms with Crippen LogP contribution in [0.5, 0.6) is 0 Å². The minimum atomic E-state index is -5.17. The van der Waals surface area contributed by atoms with Crippen LogP contribution < -0.4 is 76.1 Å². The van der Waals surface area contributed by atoms with E-state index in [9.17, 15) is 14.4 Å². The standard InChI is InChI=1S/C5H4N4O3.2Na.H2O4S/c10-3-1-2(7-4(11)6-1)8-5(12)9-3;;;1-5(2,3)4/h(H4,6,7,8,9,10,11,12);;;(H2,1,2,3,4)/q;2*+1;/p-2. The van der Waals surface area contributed by atoms with E-state index in [0.29, 0.717) is 0 Å². The molecule has 0 aliphatic rings. The topological polar surface area (TPSA) is 195 Å². The molecular weight excluding hydrogens is 306 g/mol. The Balaban J connectivity index is 0. The summed E-state index contributed by atoms with van der Waals surface area (Å²) in [6.45, 7) is 0. The largest absolute Gasteiger partial charge is 1.00 e. The molecule has 0 aliphatic heterocycles. The number of hydrogen-bond acceptors (Lipinski definition) is 7. The van der Waals surface area contributed by atoms with E-state index in [0.717, 1.165) is 0 Å². The van der Waals surface area contributed by atoms with Gasteiger partial charge in [0.05, 0.1) is 0 Å². The van der Waals surface area contributed by atoms with E-state index < -0.39 is 27.3 Å². The van der Waals surface area contributed by atoms with Gasteiger partial charge in [-0.25, -0.2) is 9.59 Å². The Labute approximate surface area is 148 Å². The molecule has 0 bridgehead atoms. The van der Waals surface area contributed by atoms with Crippen molar-refractivity contribution in [2.75, 3.05) is 0 Å². The maximum Gasteiger partial charge on any atom is 1.00 e.